The van der Waals surface area contributed by atoms with Gasteiger partial charge in [-0.15, -0.1) is 0 Å². The van der Waals surface area contributed by atoms with E-state index in [1.807, 2.05) is 13.8 Å². The Morgan fingerprint density at radius 3 is 1.23 bits per heavy atom. The second-order valence-electron chi connectivity index (χ2n) is 29.9. The van der Waals surface area contributed by atoms with E-state index in [0.717, 1.165) is 5.56 Å². The molecule has 115 heavy (non-hydrogen) atoms. The maximum Gasteiger partial charge on any atom is 0.245 e. The number of phenols is 1. The van der Waals surface area contributed by atoms with Crippen LogP contribution in [0.3, 0.4) is 0 Å². The Morgan fingerprint density at radius 2 is 0.791 bits per heavy atom. The Balaban J connectivity index is 1.97. The minimum absolute atomic E-state index is 0.00271. The number of benzene rings is 2. The molecular formula is C76H129N25O14. The van der Waals surface area contributed by atoms with Gasteiger partial charge >= 0.3 is 0 Å². The number of hydrogen-bond acceptors (Lipinski definition) is 20. The van der Waals surface area contributed by atoms with E-state index in [-0.39, 0.29) is 164 Å². The molecule has 0 unspecified atom stereocenters. The van der Waals surface area contributed by atoms with Gasteiger partial charge in [-0.3, -0.25) is 77.3 Å². The highest BCUT2D eigenvalue weighted by atomic mass is 16.3. The summed E-state index contributed by atoms with van der Waals surface area (Å²) in [6.45, 7) is 10.4. The normalized spacial score (nSPS) is 15.1. The summed E-state index contributed by atoms with van der Waals surface area (Å²) in [4.78, 5) is 197. The number of hydrogen-bond donors (Lipinski definition) is 22. The molecule has 0 radical (unpaired) electrons. The number of aliphatic imine (C=N–C) groups is 3. The number of carbonyl (C=O) groups is 13. The van der Waals surface area contributed by atoms with Crippen LogP contribution in [0.5, 0.6) is 5.75 Å². The third kappa shape index (κ3) is 39.1. The van der Waals surface area contributed by atoms with Crippen molar-refractivity contribution < 1.29 is 67.4 Å². The van der Waals surface area contributed by atoms with Crippen LogP contribution >= 0.6 is 0 Å². The summed E-state index contributed by atoms with van der Waals surface area (Å²) in [7, 11) is 1.57. The molecule has 31 N–H and O–H groups in total. The highest BCUT2D eigenvalue weighted by Gasteiger charge is 2.41. The molecule has 0 saturated carbocycles. The fourth-order valence-corrected chi connectivity index (χ4v) is 12.7. The number of guanidine groups is 3. The average molecular weight is 1620 g/mol. The molecule has 39 heteroatoms. The van der Waals surface area contributed by atoms with Gasteiger partial charge in [-0.05, 0) is 177 Å². The zero-order valence-corrected chi connectivity index (χ0v) is 67.6. The van der Waals surface area contributed by atoms with Crippen LogP contribution in [0, 0.1) is 17.8 Å². The Hall–Kier alpha value is -11.0. The van der Waals surface area contributed by atoms with Crippen LogP contribution < -0.4 is 115 Å². The van der Waals surface area contributed by atoms with E-state index in [4.69, 9.17) is 51.6 Å². The summed E-state index contributed by atoms with van der Waals surface area (Å²) >= 11 is 0. The second-order valence-corrected chi connectivity index (χ2v) is 29.9. The van der Waals surface area contributed by atoms with Gasteiger partial charge in [0.1, 0.15) is 66.2 Å². The van der Waals surface area contributed by atoms with Crippen LogP contribution in [0.25, 0.3) is 0 Å². The zero-order valence-electron chi connectivity index (χ0n) is 67.6. The molecule has 1 fully saturated rings. The fraction of sp³-hybridized carbons (Fsp3) is 0.632. The standard InChI is InChI=1S/C76H129N25O14/c1-44(2)37-56(68(110)93-50(63(79)105)21-11-13-31-77)98-66(108)51(22-12-14-32-78)96-72(114)60-26-18-36-101(60)73(115)54(25-17-35-89-76(84)85)97-70(112)58(39-46(5)6)99-67(109)53(24-16-34-88-75(82)83)94-65(107)52(23-15-33-87-74(80)81)95-69(111)57(38-45(3)4)100-71(113)59(41-47-19-9-8-10-20-47)92-62(104)43-90-61(103)42-91-64(106)55(86-7)40-48-27-29-49(102)30-28-48/h8-10,19-20,27-30,44-46,50-60,86,102H,11-18,21-26,31-43,77-78H2,1-7H3,(H2,79,105)(H,90,103)(H,91,106)(H,92,104)(H,93,110)(H,94,107)(H,95,111)(H,96,114)(H,97,112)(H,98,108)(H,99,109)(H,100,113)(H4,80,81,87)(H4,82,83,88)(H4,84,85,89)/t50-,51-,52-,53-,54-,55-,56+,57-,58+,59-,60-/m0/s1. The van der Waals surface area contributed by atoms with Crippen molar-refractivity contribution in [2.24, 2.45) is 84.3 Å². The van der Waals surface area contributed by atoms with E-state index in [1.54, 1.807) is 77.2 Å². The molecule has 1 aliphatic rings. The van der Waals surface area contributed by atoms with Crippen molar-refractivity contribution in [1.82, 2.24) is 68.7 Å². The number of carbonyl (C=O) groups excluding carboxylic acids is 13. The summed E-state index contributed by atoms with van der Waals surface area (Å²) in [5.41, 5.74) is 52.4. The van der Waals surface area contributed by atoms with Gasteiger partial charge in [0.15, 0.2) is 17.9 Å². The van der Waals surface area contributed by atoms with E-state index in [0.29, 0.717) is 44.2 Å². The Bertz CT molecular complexity index is 3540. The molecule has 642 valence electrons. The lowest BCUT2D eigenvalue weighted by atomic mass is 10.00. The SMILES string of the molecule is CN[C@@H](Cc1ccc(O)cc1)C(=O)NCC(=O)NCC(=O)N[C@@H](Cc1ccccc1)C(=O)N[C@@H](CC(C)C)C(=O)N[C@@H](CCCN=C(N)N)C(=O)N[C@@H](CCCN=C(N)N)C(=O)N[C@H](CC(C)C)C(=O)N[C@@H](CCCN=C(N)N)C(=O)N1CCC[C@H]1C(=O)N[C@@H](CCCCN)C(=O)N[C@H](CC(C)C)C(=O)N[C@@H](CCCCN)C(N)=O. The molecule has 13 amide bonds. The number of likely N-dealkylation sites (N-methyl/N-ethyl adjacent to an activating group) is 1. The second kappa shape index (κ2) is 53.2. The zero-order chi connectivity index (χ0) is 85.7. The summed E-state index contributed by atoms with van der Waals surface area (Å²) in [6, 6.07) is 1.18. The van der Waals surface area contributed by atoms with E-state index in [1.165, 1.54) is 17.0 Å². The number of nitrogens with two attached hydrogens (primary N) is 9. The van der Waals surface area contributed by atoms with Crippen LogP contribution in [0.4, 0.5) is 0 Å². The highest BCUT2D eigenvalue weighted by molar-refractivity contribution is 6.00. The Morgan fingerprint density at radius 1 is 0.417 bits per heavy atom. The number of nitrogens with zero attached hydrogens (tertiary/aromatic N) is 4. The van der Waals surface area contributed by atoms with Crippen molar-refractivity contribution in [2.75, 3.05) is 59.4 Å². The van der Waals surface area contributed by atoms with Crippen LogP contribution in [0.2, 0.25) is 0 Å². The van der Waals surface area contributed by atoms with Crippen molar-refractivity contribution in [3.63, 3.8) is 0 Å². The number of aromatic hydroxyl groups is 1. The highest BCUT2D eigenvalue weighted by Crippen LogP contribution is 2.22. The van der Waals surface area contributed by atoms with Gasteiger partial charge in [0.2, 0.25) is 76.8 Å². The molecule has 0 aliphatic carbocycles. The summed E-state index contributed by atoms with van der Waals surface area (Å²) in [5, 5.41) is 42.2. The topological polar surface area (TPSA) is 661 Å². The number of nitrogens with one attached hydrogen (secondary N) is 12. The Kier molecular flexibility index (Phi) is 45.4. The molecule has 3 rings (SSSR count). The van der Waals surface area contributed by atoms with Crippen LogP contribution in [0.15, 0.2) is 69.6 Å². The molecule has 0 bridgehead atoms. The lowest BCUT2D eigenvalue weighted by Gasteiger charge is -2.31. The van der Waals surface area contributed by atoms with E-state index >= 15 is 4.79 Å². The van der Waals surface area contributed by atoms with Gasteiger partial charge in [0, 0.05) is 32.6 Å². The van der Waals surface area contributed by atoms with Gasteiger partial charge < -0.3 is 125 Å². The summed E-state index contributed by atoms with van der Waals surface area (Å²) in [6.07, 6.45) is 2.95. The number of amides is 13. The third-order valence-corrected chi connectivity index (χ3v) is 18.6. The molecule has 0 spiro atoms. The average Bonchev–Trinajstić information content (AvgIpc) is 1.72. The van der Waals surface area contributed by atoms with Crippen LogP contribution in [-0.2, 0) is 75.2 Å². The van der Waals surface area contributed by atoms with E-state index in [2.05, 4.69) is 78.8 Å². The first-order chi connectivity index (χ1) is 54.5. The van der Waals surface area contributed by atoms with Crippen molar-refractivity contribution in [1.29, 1.82) is 0 Å². The fourth-order valence-electron chi connectivity index (χ4n) is 12.7. The number of rotatable bonds is 55. The maximum atomic E-state index is 15.1. The minimum atomic E-state index is -1.47. The van der Waals surface area contributed by atoms with Gasteiger partial charge in [-0.1, -0.05) is 84.0 Å². The lowest BCUT2D eigenvalue weighted by molar-refractivity contribution is -0.143. The third-order valence-electron chi connectivity index (χ3n) is 18.6. The number of likely N-dealkylation sites (tertiary alicyclic amines) is 1. The van der Waals surface area contributed by atoms with Crippen molar-refractivity contribution in [3.05, 3.63) is 65.7 Å². The molecule has 1 heterocycles. The summed E-state index contributed by atoms with van der Waals surface area (Å²) < 4.78 is 0. The largest absolute Gasteiger partial charge is 0.508 e. The Labute approximate surface area is 673 Å². The van der Waals surface area contributed by atoms with Crippen molar-refractivity contribution >= 4 is 94.7 Å². The molecular weight excluding hydrogens is 1490 g/mol. The first-order valence-corrected chi connectivity index (χ1v) is 39.5. The monoisotopic (exact) mass is 1620 g/mol. The van der Waals surface area contributed by atoms with Crippen molar-refractivity contribution in [2.45, 2.75) is 230 Å². The van der Waals surface area contributed by atoms with Gasteiger partial charge in [-0.25, -0.2) is 0 Å². The van der Waals surface area contributed by atoms with Gasteiger partial charge in [0.25, 0.3) is 0 Å². The molecule has 1 saturated heterocycles. The molecule has 11 atom stereocenters. The first kappa shape index (κ1) is 98.2. The molecule has 39 nitrogen and oxygen atoms in total. The smallest absolute Gasteiger partial charge is 0.245 e. The predicted molar refractivity (Wildman–Crippen MR) is 436 cm³/mol. The molecule has 2 aromatic rings. The first-order valence-electron chi connectivity index (χ1n) is 39.5. The molecule has 1 aliphatic heterocycles. The maximum absolute atomic E-state index is 15.1. The van der Waals surface area contributed by atoms with E-state index < -0.39 is 156 Å². The minimum Gasteiger partial charge on any atom is -0.508 e. The quantitative estimate of drug-likeness (QED) is 0.0168. The van der Waals surface area contributed by atoms with Crippen LogP contribution in [0.1, 0.15) is 162 Å². The number of unbranched alkanes of at least 4 members (excludes halogenated alkanes) is 2. The molecule has 2 aromatic carbocycles. The number of phenolic OH excluding ortho intramolecular Hbond substituents is 1. The lowest BCUT2D eigenvalue weighted by Crippen LogP contribution is -2.60. The molecule has 0 aromatic heterocycles. The van der Waals surface area contributed by atoms with Crippen LogP contribution in [-0.4, -0.2) is 231 Å². The number of primary amides is 1. The van der Waals surface area contributed by atoms with Gasteiger partial charge in [-0.2, -0.15) is 0 Å². The predicted octanol–water partition coefficient (Wildman–Crippen LogP) is -4.61. The van der Waals surface area contributed by atoms with Gasteiger partial charge in [0.05, 0.1) is 19.1 Å². The van der Waals surface area contributed by atoms with E-state index in [9.17, 15) is 62.6 Å². The van der Waals surface area contributed by atoms with Crippen molar-refractivity contribution in [3.8, 4) is 5.75 Å². The summed E-state index contributed by atoms with van der Waals surface area (Å²) in [5.74, 6) is -11.2.